The van der Waals surface area contributed by atoms with Crippen LogP contribution in [0, 0.1) is 0 Å². The molecule has 2 rings (SSSR count). The second-order valence-corrected chi connectivity index (χ2v) is 4.85. The number of carboxylic acids is 1. The number of aryl methyl sites for hydroxylation is 3. The van der Waals surface area contributed by atoms with E-state index < -0.39 is 5.97 Å². The van der Waals surface area contributed by atoms with Crippen molar-refractivity contribution in [3.63, 3.8) is 0 Å². The van der Waals surface area contributed by atoms with Crippen LogP contribution >= 0.6 is 0 Å². The molecule has 2 aromatic rings. The summed E-state index contributed by atoms with van der Waals surface area (Å²) in [4.78, 5) is 15.6. The summed E-state index contributed by atoms with van der Waals surface area (Å²) in [5, 5.41) is 14.2. The molecule has 0 saturated carbocycles. The first-order valence-electron chi connectivity index (χ1n) is 7.12. The van der Waals surface area contributed by atoms with Gasteiger partial charge in [-0.05, 0) is 30.4 Å². The largest absolute Gasteiger partial charge is 0.481 e. The van der Waals surface area contributed by atoms with Crippen molar-refractivity contribution >= 4 is 17.1 Å². The Morgan fingerprint density at radius 3 is 2.45 bits per heavy atom. The van der Waals surface area contributed by atoms with E-state index in [1.165, 1.54) is 0 Å². The highest BCUT2D eigenvalue weighted by molar-refractivity contribution is 5.84. The molecule has 5 nitrogen and oxygen atoms in total. The highest BCUT2D eigenvalue weighted by Crippen LogP contribution is 2.28. The molecule has 0 fully saturated rings. The molecule has 5 heteroatoms. The van der Waals surface area contributed by atoms with Crippen LogP contribution in [0.4, 0.5) is 0 Å². The molecule has 1 N–H and O–H groups in total. The molecule has 0 aliphatic heterocycles. The van der Waals surface area contributed by atoms with Crippen LogP contribution in [0.1, 0.15) is 49.7 Å². The van der Waals surface area contributed by atoms with E-state index in [9.17, 15) is 4.79 Å². The third-order valence-electron chi connectivity index (χ3n) is 3.50. The lowest BCUT2D eigenvalue weighted by Crippen LogP contribution is -2.09. The van der Waals surface area contributed by atoms with Gasteiger partial charge in [-0.15, -0.1) is 0 Å². The Labute approximate surface area is 118 Å². The third-order valence-corrected chi connectivity index (χ3v) is 3.50. The summed E-state index contributed by atoms with van der Waals surface area (Å²) in [6.07, 6.45) is 3.24. The zero-order valence-corrected chi connectivity index (χ0v) is 12.2. The quantitative estimate of drug-likeness (QED) is 0.877. The van der Waals surface area contributed by atoms with Gasteiger partial charge in [0.25, 0.3) is 5.71 Å². The van der Waals surface area contributed by atoms with Crippen molar-refractivity contribution < 1.29 is 14.4 Å². The second-order valence-electron chi connectivity index (χ2n) is 4.85. The smallest absolute Gasteiger partial charge is 0.307 e. The minimum Gasteiger partial charge on any atom is -0.481 e. The van der Waals surface area contributed by atoms with Gasteiger partial charge >= 0.3 is 5.97 Å². The number of fused-ring (bicyclic) bond motifs is 1. The van der Waals surface area contributed by atoms with E-state index in [-0.39, 0.29) is 6.42 Å². The SMILES string of the molecule is CCCc1noc2nc(CC)c(CC(=O)O)c(CC)c12. The summed E-state index contributed by atoms with van der Waals surface area (Å²) in [5.74, 6) is -0.830. The number of carbonyl (C=O) groups is 1. The molecular weight excluding hydrogens is 256 g/mol. The first-order chi connectivity index (χ1) is 9.62. The van der Waals surface area contributed by atoms with Crippen LogP contribution in [0.3, 0.4) is 0 Å². The van der Waals surface area contributed by atoms with Crippen LogP contribution in [0.25, 0.3) is 11.1 Å². The number of pyridine rings is 1. The molecule has 0 saturated heterocycles. The molecule has 2 aromatic heterocycles. The fourth-order valence-corrected chi connectivity index (χ4v) is 2.66. The van der Waals surface area contributed by atoms with Crippen molar-refractivity contribution in [3.05, 3.63) is 22.5 Å². The molecular formula is C15H20N2O3. The number of aliphatic carboxylic acids is 1. The Kier molecular flexibility index (Phi) is 4.37. The van der Waals surface area contributed by atoms with Crippen LogP contribution in [0.5, 0.6) is 0 Å². The number of nitrogens with zero attached hydrogens (tertiary/aromatic N) is 2. The zero-order chi connectivity index (χ0) is 14.7. The minimum atomic E-state index is -0.830. The Morgan fingerprint density at radius 2 is 1.90 bits per heavy atom. The lowest BCUT2D eigenvalue weighted by Gasteiger charge is -2.11. The minimum absolute atomic E-state index is 0.00598. The Hall–Kier alpha value is -1.91. The van der Waals surface area contributed by atoms with Crippen molar-refractivity contribution in [3.8, 4) is 0 Å². The van der Waals surface area contributed by atoms with Gasteiger partial charge in [0.05, 0.1) is 17.5 Å². The van der Waals surface area contributed by atoms with E-state index >= 15 is 0 Å². The van der Waals surface area contributed by atoms with E-state index in [4.69, 9.17) is 9.63 Å². The fourth-order valence-electron chi connectivity index (χ4n) is 2.66. The van der Waals surface area contributed by atoms with E-state index in [0.717, 1.165) is 47.2 Å². The van der Waals surface area contributed by atoms with Gasteiger partial charge in [0, 0.05) is 5.69 Å². The summed E-state index contributed by atoms with van der Waals surface area (Å²) in [7, 11) is 0. The summed E-state index contributed by atoms with van der Waals surface area (Å²) >= 11 is 0. The predicted molar refractivity (Wildman–Crippen MR) is 75.9 cm³/mol. The normalized spacial score (nSPS) is 11.2. The summed E-state index contributed by atoms with van der Waals surface area (Å²) < 4.78 is 5.34. The summed E-state index contributed by atoms with van der Waals surface area (Å²) in [6.45, 7) is 6.09. The molecule has 0 aliphatic carbocycles. The number of rotatable bonds is 6. The molecule has 0 amide bonds. The van der Waals surface area contributed by atoms with Crippen LogP contribution in [-0.4, -0.2) is 21.2 Å². The monoisotopic (exact) mass is 276 g/mol. The summed E-state index contributed by atoms with van der Waals surface area (Å²) in [5.41, 5.74) is 4.09. The maximum Gasteiger partial charge on any atom is 0.307 e. The van der Waals surface area contributed by atoms with Gasteiger partial charge in [0.1, 0.15) is 0 Å². The van der Waals surface area contributed by atoms with Crippen LogP contribution in [0.2, 0.25) is 0 Å². The van der Waals surface area contributed by atoms with Gasteiger partial charge in [0.15, 0.2) is 0 Å². The molecule has 0 spiro atoms. The number of carboxylic acid groups (broad SMARTS) is 1. The van der Waals surface area contributed by atoms with Crippen molar-refractivity contribution in [2.24, 2.45) is 0 Å². The van der Waals surface area contributed by atoms with Crippen molar-refractivity contribution in [1.29, 1.82) is 0 Å². The highest BCUT2D eigenvalue weighted by Gasteiger charge is 2.20. The van der Waals surface area contributed by atoms with Gasteiger partial charge in [-0.3, -0.25) is 4.79 Å². The number of aromatic nitrogens is 2. The second kappa shape index (κ2) is 6.03. The van der Waals surface area contributed by atoms with Gasteiger partial charge in [-0.25, -0.2) is 4.98 Å². The van der Waals surface area contributed by atoms with Gasteiger partial charge < -0.3 is 9.63 Å². The molecule has 0 aliphatic rings. The number of hydrogen-bond acceptors (Lipinski definition) is 4. The first-order valence-corrected chi connectivity index (χ1v) is 7.12. The van der Waals surface area contributed by atoms with Crippen LogP contribution in [0.15, 0.2) is 4.52 Å². The predicted octanol–water partition coefficient (Wildman–Crippen LogP) is 2.93. The van der Waals surface area contributed by atoms with Gasteiger partial charge in [-0.2, -0.15) is 0 Å². The van der Waals surface area contributed by atoms with E-state index in [0.29, 0.717) is 12.1 Å². The molecule has 20 heavy (non-hydrogen) atoms. The Bertz CT molecular complexity index is 632. The highest BCUT2D eigenvalue weighted by atomic mass is 16.5. The standard InChI is InChI=1S/C15H20N2O3/c1-4-7-12-14-9(5-2)10(8-13(18)19)11(6-3)16-15(14)20-17-12/h4-8H2,1-3H3,(H,18,19). The van der Waals surface area contributed by atoms with Crippen LogP contribution < -0.4 is 0 Å². The van der Waals surface area contributed by atoms with Crippen molar-refractivity contribution in [1.82, 2.24) is 10.1 Å². The topological polar surface area (TPSA) is 76.2 Å². The first kappa shape index (κ1) is 14.5. The average Bonchev–Trinajstić information content (AvgIpc) is 2.81. The molecule has 0 bridgehead atoms. The van der Waals surface area contributed by atoms with Crippen LogP contribution in [-0.2, 0) is 30.5 Å². The van der Waals surface area contributed by atoms with Crippen molar-refractivity contribution in [2.75, 3.05) is 0 Å². The van der Waals surface area contributed by atoms with E-state index in [2.05, 4.69) is 17.1 Å². The molecule has 0 aromatic carbocycles. The molecule has 108 valence electrons. The molecule has 0 atom stereocenters. The van der Waals surface area contributed by atoms with E-state index in [1.54, 1.807) is 0 Å². The lowest BCUT2D eigenvalue weighted by atomic mass is 9.95. The maximum absolute atomic E-state index is 11.1. The third kappa shape index (κ3) is 2.53. The fraction of sp³-hybridized carbons (Fsp3) is 0.533. The lowest BCUT2D eigenvalue weighted by molar-refractivity contribution is -0.136. The molecule has 2 heterocycles. The number of hydrogen-bond donors (Lipinski definition) is 1. The maximum atomic E-state index is 11.1. The summed E-state index contributed by atoms with van der Waals surface area (Å²) in [6, 6.07) is 0. The Morgan fingerprint density at radius 1 is 1.15 bits per heavy atom. The van der Waals surface area contributed by atoms with Gasteiger partial charge in [0.2, 0.25) is 0 Å². The van der Waals surface area contributed by atoms with E-state index in [1.807, 2.05) is 13.8 Å². The molecule has 0 unspecified atom stereocenters. The Balaban J connectivity index is 2.72. The van der Waals surface area contributed by atoms with Gasteiger partial charge in [-0.1, -0.05) is 32.3 Å². The zero-order valence-electron chi connectivity index (χ0n) is 12.2. The average molecular weight is 276 g/mol. The molecule has 0 radical (unpaired) electrons. The van der Waals surface area contributed by atoms with Crippen molar-refractivity contribution in [2.45, 2.75) is 52.9 Å².